The highest BCUT2D eigenvalue weighted by Gasteiger charge is 2.38. The second-order valence-corrected chi connectivity index (χ2v) is 12.6. The van der Waals surface area contributed by atoms with Crippen LogP contribution in [0.3, 0.4) is 0 Å². The van der Waals surface area contributed by atoms with E-state index in [-0.39, 0.29) is 35.2 Å². The van der Waals surface area contributed by atoms with Gasteiger partial charge in [-0.05, 0) is 44.3 Å². The Morgan fingerprint density at radius 3 is 2.26 bits per heavy atom. The Morgan fingerprint density at radius 1 is 1.07 bits per heavy atom. The largest absolute Gasteiger partial charge is 0.490 e. The summed E-state index contributed by atoms with van der Waals surface area (Å²) in [7, 11) is 2.86. The van der Waals surface area contributed by atoms with E-state index in [1.807, 2.05) is 66.7 Å². The van der Waals surface area contributed by atoms with Crippen molar-refractivity contribution in [2.24, 2.45) is 35.5 Å². The number of rotatable bonds is 10. The molecular weight excluding hydrogens is 548 g/mol. The molecule has 0 radical (unpaired) electrons. The first-order valence-corrected chi connectivity index (χ1v) is 15.3. The second-order valence-electron chi connectivity index (χ2n) is 12.6. The predicted octanol–water partition coefficient (Wildman–Crippen LogP) is 5.34. The van der Waals surface area contributed by atoms with E-state index in [1.54, 1.807) is 32.1 Å². The van der Waals surface area contributed by atoms with Crippen molar-refractivity contribution >= 4 is 11.8 Å². The molecular formula is C35H56O8. The van der Waals surface area contributed by atoms with Crippen LogP contribution in [0.5, 0.6) is 0 Å². The molecule has 0 fully saturated rings. The van der Waals surface area contributed by atoms with Crippen LogP contribution in [0.25, 0.3) is 0 Å². The molecule has 1 aliphatic heterocycles. The molecule has 0 aromatic rings. The molecule has 0 aliphatic carbocycles. The minimum Gasteiger partial charge on any atom is -0.490 e. The molecule has 43 heavy (non-hydrogen) atoms. The molecule has 10 atom stereocenters. The number of ketones is 1. The average Bonchev–Trinajstić information content (AvgIpc) is 2.96. The van der Waals surface area contributed by atoms with Gasteiger partial charge in [0.1, 0.15) is 12.2 Å². The number of aliphatic hydroxyl groups is 3. The zero-order valence-corrected chi connectivity index (χ0v) is 28.0. The summed E-state index contributed by atoms with van der Waals surface area (Å²) < 4.78 is 17.0. The summed E-state index contributed by atoms with van der Waals surface area (Å²) in [6.45, 7) is 16.7. The van der Waals surface area contributed by atoms with Gasteiger partial charge in [0.05, 0.1) is 25.4 Å². The van der Waals surface area contributed by atoms with Crippen LogP contribution in [0.4, 0.5) is 0 Å². The van der Waals surface area contributed by atoms with E-state index in [2.05, 4.69) is 0 Å². The van der Waals surface area contributed by atoms with Crippen molar-refractivity contribution in [3.8, 4) is 0 Å². The molecule has 0 aromatic carbocycles. The number of ether oxygens (including phenoxy) is 3. The first-order valence-electron chi connectivity index (χ1n) is 15.3. The highest BCUT2D eigenvalue weighted by Crippen LogP contribution is 2.27. The highest BCUT2D eigenvalue weighted by molar-refractivity contribution is 5.92. The summed E-state index contributed by atoms with van der Waals surface area (Å²) >= 11 is 0. The van der Waals surface area contributed by atoms with Crippen LogP contribution in [-0.2, 0) is 23.8 Å². The van der Waals surface area contributed by atoms with Crippen LogP contribution < -0.4 is 0 Å². The first kappa shape index (κ1) is 38.5. The van der Waals surface area contributed by atoms with Crippen LogP contribution in [0.1, 0.15) is 68.7 Å². The topological polar surface area (TPSA) is 123 Å². The SMILES string of the molecule is CO/C1=C/C(C)=C/[C@@H](C)[C@@H](O)C(C)C/C(C)=C/C=C/[C@H](OC)[C@@H]([C@@H](C)[C@@H](O)[C@H](C)C(=O)/C=C/[C@H](C)[C@H](O)C(C)C)OC1=O. The van der Waals surface area contributed by atoms with Crippen LogP contribution in [0, 0.1) is 35.5 Å². The summed E-state index contributed by atoms with van der Waals surface area (Å²) in [4.78, 5) is 26.4. The van der Waals surface area contributed by atoms with Crippen molar-refractivity contribution in [2.45, 2.75) is 99.3 Å². The molecule has 244 valence electrons. The van der Waals surface area contributed by atoms with E-state index in [1.165, 1.54) is 20.3 Å². The van der Waals surface area contributed by atoms with Gasteiger partial charge in [-0.2, -0.15) is 0 Å². The Kier molecular flexibility index (Phi) is 16.4. The molecule has 0 saturated heterocycles. The molecule has 8 heteroatoms. The Labute approximate surface area is 259 Å². The highest BCUT2D eigenvalue weighted by atomic mass is 16.6. The minimum atomic E-state index is -1.17. The Bertz CT molecular complexity index is 1050. The third-order valence-electron chi connectivity index (χ3n) is 8.40. The van der Waals surface area contributed by atoms with Crippen LogP contribution in [0.15, 0.2) is 59.4 Å². The van der Waals surface area contributed by atoms with Crippen LogP contribution >= 0.6 is 0 Å². The van der Waals surface area contributed by atoms with Crippen molar-refractivity contribution in [3.63, 3.8) is 0 Å². The molecule has 0 aromatic heterocycles. The average molecular weight is 605 g/mol. The Hall–Kier alpha value is -2.52. The quantitative estimate of drug-likeness (QED) is 0.226. The molecule has 1 heterocycles. The maximum Gasteiger partial charge on any atom is 0.373 e. The standard InChI is InChI=1S/C35H56O8/c1-20(2)31(37)23(5)15-16-28(36)26(8)33(39)27(9)34-29(41-10)14-12-13-21(3)17-24(6)32(38)25(7)18-22(4)19-30(42-11)35(40)43-34/h12-16,18-20,23-27,29,31-34,37-39H,17H2,1-11H3/b14-12+,16-15+,21-13+,22-18+,30-19+/t23-,24?,25+,26+,27-,29-,31+,32-,33-,34+/m0/s1. The van der Waals surface area contributed by atoms with Gasteiger partial charge in [-0.1, -0.05) is 90.0 Å². The third-order valence-corrected chi connectivity index (χ3v) is 8.40. The van der Waals surface area contributed by atoms with E-state index in [9.17, 15) is 24.9 Å². The lowest BCUT2D eigenvalue weighted by molar-refractivity contribution is -0.162. The normalized spacial score (nSPS) is 32.7. The van der Waals surface area contributed by atoms with Crippen molar-refractivity contribution < 1.29 is 39.1 Å². The van der Waals surface area contributed by atoms with E-state index in [0.717, 1.165) is 11.1 Å². The zero-order chi connectivity index (χ0) is 33.0. The van der Waals surface area contributed by atoms with E-state index >= 15 is 0 Å². The number of hydrogen-bond acceptors (Lipinski definition) is 8. The predicted molar refractivity (Wildman–Crippen MR) is 170 cm³/mol. The van der Waals surface area contributed by atoms with Crippen LogP contribution in [-0.4, -0.2) is 71.8 Å². The van der Waals surface area contributed by atoms with Gasteiger partial charge in [-0.15, -0.1) is 0 Å². The van der Waals surface area contributed by atoms with Gasteiger partial charge >= 0.3 is 5.97 Å². The van der Waals surface area contributed by atoms with Gasteiger partial charge in [0.15, 0.2) is 5.78 Å². The lowest BCUT2D eigenvalue weighted by Crippen LogP contribution is -2.45. The van der Waals surface area contributed by atoms with Gasteiger partial charge < -0.3 is 29.5 Å². The van der Waals surface area contributed by atoms with Crippen LogP contribution in [0.2, 0.25) is 0 Å². The van der Waals surface area contributed by atoms with Gasteiger partial charge in [0, 0.05) is 30.8 Å². The van der Waals surface area contributed by atoms with E-state index < -0.39 is 48.3 Å². The van der Waals surface area contributed by atoms with Crippen molar-refractivity contribution in [3.05, 3.63) is 59.4 Å². The maximum atomic E-state index is 13.4. The van der Waals surface area contributed by atoms with Crippen molar-refractivity contribution in [2.75, 3.05) is 14.2 Å². The molecule has 0 bridgehead atoms. The van der Waals surface area contributed by atoms with Gasteiger partial charge in [-0.3, -0.25) is 4.79 Å². The lowest BCUT2D eigenvalue weighted by Gasteiger charge is -2.33. The van der Waals surface area contributed by atoms with Gasteiger partial charge in [-0.25, -0.2) is 4.79 Å². The monoisotopic (exact) mass is 604 g/mol. The lowest BCUT2D eigenvalue weighted by atomic mass is 9.84. The molecule has 1 rings (SSSR count). The van der Waals surface area contributed by atoms with Crippen molar-refractivity contribution in [1.82, 2.24) is 0 Å². The third kappa shape index (κ3) is 11.8. The van der Waals surface area contributed by atoms with Gasteiger partial charge in [0.2, 0.25) is 5.76 Å². The first-order chi connectivity index (χ1) is 20.0. The smallest absolute Gasteiger partial charge is 0.373 e. The molecule has 0 spiro atoms. The number of methoxy groups -OCH3 is 2. The summed E-state index contributed by atoms with van der Waals surface area (Å²) in [5.41, 5.74) is 1.78. The fraction of sp³-hybridized carbons (Fsp3) is 0.657. The zero-order valence-electron chi connectivity index (χ0n) is 28.0. The second kappa shape index (κ2) is 18.3. The summed E-state index contributed by atoms with van der Waals surface area (Å²) in [5, 5.41) is 32.5. The Morgan fingerprint density at radius 2 is 1.70 bits per heavy atom. The van der Waals surface area contributed by atoms with Crippen molar-refractivity contribution in [1.29, 1.82) is 0 Å². The number of aliphatic hydroxyl groups excluding tert-OH is 3. The van der Waals surface area contributed by atoms with Gasteiger partial charge in [0.25, 0.3) is 0 Å². The molecule has 1 aliphatic rings. The van der Waals surface area contributed by atoms with E-state index in [0.29, 0.717) is 6.42 Å². The summed E-state index contributed by atoms with van der Waals surface area (Å²) in [6, 6.07) is 0. The molecule has 0 saturated carbocycles. The summed E-state index contributed by atoms with van der Waals surface area (Å²) in [5.74, 6) is -2.96. The number of hydrogen-bond donors (Lipinski definition) is 3. The maximum absolute atomic E-state index is 13.4. The number of esters is 1. The fourth-order valence-corrected chi connectivity index (χ4v) is 5.43. The number of cyclic esters (lactones) is 1. The molecule has 0 amide bonds. The number of carbonyl (C=O) groups is 2. The number of allylic oxidation sites excluding steroid dienone is 6. The fourth-order valence-electron chi connectivity index (χ4n) is 5.43. The minimum absolute atomic E-state index is 0.00159. The van der Waals surface area contributed by atoms with E-state index in [4.69, 9.17) is 14.2 Å². The summed E-state index contributed by atoms with van der Waals surface area (Å²) in [6.07, 6.45) is 8.65. The number of carbonyl (C=O) groups excluding carboxylic acids is 2. The Balaban J connectivity index is 3.46. The molecule has 8 nitrogen and oxygen atoms in total. The molecule has 1 unspecified atom stereocenters. The molecule has 3 N–H and O–H groups in total.